The smallest absolute Gasteiger partial charge is 0.419 e. The number of aromatic nitrogens is 1. The number of oxazole rings is 1. The number of benzene rings is 2. The van der Waals surface area contributed by atoms with Crippen molar-refractivity contribution in [1.29, 1.82) is 0 Å². The van der Waals surface area contributed by atoms with Crippen molar-refractivity contribution in [1.82, 2.24) is 4.57 Å². The van der Waals surface area contributed by atoms with Crippen LogP contribution in [0.15, 0.2) is 57.7 Å². The number of hydrogen-bond donors (Lipinski definition) is 1. The van der Waals surface area contributed by atoms with E-state index >= 15 is 0 Å². The quantitative estimate of drug-likeness (QED) is 0.586. The number of ether oxygens (including phenoxy) is 2. The van der Waals surface area contributed by atoms with Crippen molar-refractivity contribution >= 4 is 28.7 Å². The van der Waals surface area contributed by atoms with Gasteiger partial charge in [0.05, 0.1) is 18.5 Å². The van der Waals surface area contributed by atoms with Crippen LogP contribution in [0.25, 0.3) is 11.1 Å². The van der Waals surface area contributed by atoms with E-state index in [0.29, 0.717) is 29.1 Å². The fourth-order valence-electron chi connectivity index (χ4n) is 2.78. The zero-order valence-corrected chi connectivity index (χ0v) is 16.2. The fourth-order valence-corrected chi connectivity index (χ4v) is 2.78. The molecule has 1 atom stereocenters. The van der Waals surface area contributed by atoms with Gasteiger partial charge in [0.15, 0.2) is 11.7 Å². The molecule has 152 valence electrons. The third-order valence-corrected chi connectivity index (χ3v) is 4.22. The summed E-state index contributed by atoms with van der Waals surface area (Å²) in [5.41, 5.74) is 1.62. The van der Waals surface area contributed by atoms with Gasteiger partial charge in [-0.2, -0.15) is 0 Å². The number of nitrogens with zero attached hydrogens (tertiary/aromatic N) is 1. The van der Waals surface area contributed by atoms with Crippen LogP contribution in [-0.2, 0) is 20.9 Å². The molecule has 0 aliphatic heterocycles. The van der Waals surface area contributed by atoms with Crippen molar-refractivity contribution in [3.05, 3.63) is 59.1 Å². The molecule has 8 nitrogen and oxygen atoms in total. The summed E-state index contributed by atoms with van der Waals surface area (Å²) < 4.78 is 17.0. The number of esters is 1. The number of carbonyl (C=O) groups excluding carboxylic acids is 2. The van der Waals surface area contributed by atoms with E-state index < -0.39 is 23.7 Å². The molecular weight excluding hydrogens is 376 g/mol. The molecule has 0 radical (unpaired) electrons. The van der Waals surface area contributed by atoms with Gasteiger partial charge in [-0.25, -0.2) is 4.79 Å². The molecular formula is C21H22N2O6. The minimum absolute atomic E-state index is 0.0654. The SMILES string of the molecule is CCOc1ccc(NC(=O)[C@H](C)OC(=O)CCn2c(=O)oc3ccccc32)cc1. The zero-order valence-electron chi connectivity index (χ0n) is 16.2. The van der Waals surface area contributed by atoms with Gasteiger partial charge in [0, 0.05) is 12.2 Å². The van der Waals surface area contributed by atoms with E-state index in [9.17, 15) is 14.4 Å². The fraction of sp³-hybridized carbons (Fsp3) is 0.286. The number of aryl methyl sites for hydroxylation is 1. The van der Waals surface area contributed by atoms with E-state index in [4.69, 9.17) is 13.9 Å². The van der Waals surface area contributed by atoms with Crippen LogP contribution in [0.4, 0.5) is 5.69 Å². The maximum Gasteiger partial charge on any atom is 0.419 e. The van der Waals surface area contributed by atoms with E-state index in [1.54, 1.807) is 48.5 Å². The summed E-state index contributed by atoms with van der Waals surface area (Å²) >= 11 is 0. The standard InChI is InChI=1S/C21H22N2O6/c1-3-27-16-10-8-15(9-11-16)22-20(25)14(2)28-19(24)12-13-23-17-6-4-5-7-18(17)29-21(23)26/h4-11,14H,3,12-13H2,1-2H3,(H,22,25)/t14-/m0/s1. The molecule has 1 N–H and O–H groups in total. The van der Waals surface area contributed by atoms with E-state index in [1.165, 1.54) is 11.5 Å². The summed E-state index contributed by atoms with van der Waals surface area (Å²) in [5.74, 6) is -0.878. The first-order valence-corrected chi connectivity index (χ1v) is 9.29. The van der Waals surface area contributed by atoms with Crippen LogP contribution in [0, 0.1) is 0 Å². The Morgan fingerprint density at radius 2 is 1.86 bits per heavy atom. The number of amides is 1. The Morgan fingerprint density at radius 1 is 1.14 bits per heavy atom. The molecule has 29 heavy (non-hydrogen) atoms. The number of para-hydroxylation sites is 2. The first-order chi connectivity index (χ1) is 14.0. The van der Waals surface area contributed by atoms with Crippen molar-refractivity contribution in [2.24, 2.45) is 0 Å². The van der Waals surface area contributed by atoms with Gasteiger partial charge in [-0.1, -0.05) is 12.1 Å². The highest BCUT2D eigenvalue weighted by molar-refractivity contribution is 5.95. The van der Waals surface area contributed by atoms with Crippen molar-refractivity contribution in [2.75, 3.05) is 11.9 Å². The molecule has 0 bridgehead atoms. The van der Waals surface area contributed by atoms with Crippen LogP contribution in [0.3, 0.4) is 0 Å². The van der Waals surface area contributed by atoms with Gasteiger partial charge in [0.1, 0.15) is 5.75 Å². The van der Waals surface area contributed by atoms with Gasteiger partial charge < -0.3 is 19.2 Å². The zero-order chi connectivity index (χ0) is 20.8. The minimum Gasteiger partial charge on any atom is -0.494 e. The number of carbonyl (C=O) groups is 2. The number of fused-ring (bicyclic) bond motifs is 1. The first-order valence-electron chi connectivity index (χ1n) is 9.29. The second-order valence-corrected chi connectivity index (χ2v) is 6.32. The van der Waals surface area contributed by atoms with E-state index in [2.05, 4.69) is 5.32 Å². The number of anilines is 1. The Hall–Kier alpha value is -3.55. The lowest BCUT2D eigenvalue weighted by atomic mass is 10.3. The molecule has 8 heteroatoms. The van der Waals surface area contributed by atoms with Crippen LogP contribution in [-0.4, -0.2) is 29.2 Å². The largest absolute Gasteiger partial charge is 0.494 e. The summed E-state index contributed by atoms with van der Waals surface area (Å²) in [7, 11) is 0. The maximum absolute atomic E-state index is 12.2. The molecule has 0 aliphatic rings. The average Bonchev–Trinajstić information content (AvgIpc) is 3.03. The molecule has 2 aromatic carbocycles. The molecule has 0 spiro atoms. The Labute approximate surface area is 167 Å². The second kappa shape index (κ2) is 9.09. The Balaban J connectivity index is 1.52. The maximum atomic E-state index is 12.2. The van der Waals surface area contributed by atoms with E-state index in [0.717, 1.165) is 0 Å². The number of rotatable bonds is 8. The lowest BCUT2D eigenvalue weighted by Crippen LogP contribution is -2.30. The van der Waals surface area contributed by atoms with Gasteiger partial charge in [0.25, 0.3) is 5.91 Å². The van der Waals surface area contributed by atoms with Gasteiger partial charge in [-0.15, -0.1) is 0 Å². The molecule has 0 aliphatic carbocycles. The summed E-state index contributed by atoms with van der Waals surface area (Å²) in [6.07, 6.45) is -1.05. The van der Waals surface area contributed by atoms with Crippen LogP contribution >= 0.6 is 0 Å². The van der Waals surface area contributed by atoms with Crippen molar-refractivity contribution in [3.8, 4) is 5.75 Å². The van der Waals surface area contributed by atoms with Crippen LogP contribution in [0.1, 0.15) is 20.3 Å². The third-order valence-electron chi connectivity index (χ3n) is 4.22. The lowest BCUT2D eigenvalue weighted by Gasteiger charge is -2.14. The number of hydrogen-bond acceptors (Lipinski definition) is 6. The normalized spacial score (nSPS) is 11.8. The Morgan fingerprint density at radius 3 is 2.59 bits per heavy atom. The van der Waals surface area contributed by atoms with Crippen molar-refractivity contribution in [3.63, 3.8) is 0 Å². The monoisotopic (exact) mass is 398 g/mol. The Kier molecular flexibility index (Phi) is 6.33. The first kappa shape index (κ1) is 20.2. The summed E-state index contributed by atoms with van der Waals surface area (Å²) in [6, 6.07) is 13.8. The van der Waals surface area contributed by atoms with Crippen LogP contribution in [0.2, 0.25) is 0 Å². The van der Waals surface area contributed by atoms with Crippen LogP contribution in [0.5, 0.6) is 5.75 Å². The van der Waals surface area contributed by atoms with Gasteiger partial charge >= 0.3 is 11.7 Å². The van der Waals surface area contributed by atoms with Crippen molar-refractivity contribution < 1.29 is 23.5 Å². The van der Waals surface area contributed by atoms with E-state index in [1.807, 2.05) is 6.92 Å². The highest BCUT2D eigenvalue weighted by Gasteiger charge is 2.19. The molecule has 1 heterocycles. The molecule has 1 amide bonds. The molecule has 3 aromatic rings. The summed E-state index contributed by atoms with van der Waals surface area (Å²) in [5, 5.41) is 2.68. The lowest BCUT2D eigenvalue weighted by molar-refractivity contribution is -0.153. The highest BCUT2D eigenvalue weighted by Crippen LogP contribution is 2.16. The second-order valence-electron chi connectivity index (χ2n) is 6.32. The summed E-state index contributed by atoms with van der Waals surface area (Å²) in [6.45, 7) is 4.03. The Bertz CT molecular complexity index is 1050. The highest BCUT2D eigenvalue weighted by atomic mass is 16.5. The van der Waals surface area contributed by atoms with Crippen LogP contribution < -0.4 is 15.8 Å². The molecule has 3 rings (SSSR count). The topological polar surface area (TPSA) is 99.8 Å². The molecule has 1 aromatic heterocycles. The van der Waals surface area contributed by atoms with Gasteiger partial charge in [0.2, 0.25) is 0 Å². The molecule has 0 fully saturated rings. The third kappa shape index (κ3) is 5.04. The van der Waals surface area contributed by atoms with Crippen molar-refractivity contribution in [2.45, 2.75) is 32.9 Å². The predicted octanol–water partition coefficient (Wildman–Crippen LogP) is 2.95. The summed E-state index contributed by atoms with van der Waals surface area (Å²) in [4.78, 5) is 36.3. The van der Waals surface area contributed by atoms with Gasteiger partial charge in [-0.05, 0) is 50.2 Å². The molecule has 0 unspecified atom stereocenters. The molecule has 0 saturated heterocycles. The molecule has 0 saturated carbocycles. The number of nitrogens with one attached hydrogen (secondary N) is 1. The predicted molar refractivity (Wildman–Crippen MR) is 107 cm³/mol. The van der Waals surface area contributed by atoms with E-state index in [-0.39, 0.29) is 13.0 Å². The minimum atomic E-state index is -0.980. The average molecular weight is 398 g/mol. The van der Waals surface area contributed by atoms with Gasteiger partial charge in [-0.3, -0.25) is 14.2 Å².